The molecule has 0 unspecified atom stereocenters. The summed E-state index contributed by atoms with van der Waals surface area (Å²) >= 11 is 8.58. The molecule has 1 aromatic rings. The van der Waals surface area contributed by atoms with Crippen molar-refractivity contribution >= 4 is 43.2 Å². The summed E-state index contributed by atoms with van der Waals surface area (Å²) < 4.78 is 0. The van der Waals surface area contributed by atoms with Crippen molar-refractivity contribution in [1.29, 1.82) is 0 Å². The smallest absolute Gasteiger partial charge is 0.0294 e. The number of rotatable bonds is 2. The first-order valence-corrected chi connectivity index (χ1v) is 5.73. The Morgan fingerprint density at radius 2 is 1.56 bits per heavy atom. The minimum Gasteiger partial charge on any atom is -0.152 e. The molecule has 0 saturated heterocycles. The van der Waals surface area contributed by atoms with E-state index in [-0.39, 0.29) is 0 Å². The van der Waals surface area contributed by atoms with E-state index in [0.717, 1.165) is 10.7 Å². The van der Waals surface area contributed by atoms with E-state index >= 15 is 0 Å². The van der Waals surface area contributed by atoms with Crippen molar-refractivity contribution in [2.24, 2.45) is 0 Å². The average molecular weight is 270 g/mol. The Morgan fingerprint density at radius 3 is 1.89 bits per heavy atom. The van der Waals surface area contributed by atoms with Crippen molar-refractivity contribution in [3.05, 3.63) is 21.9 Å². The lowest BCUT2D eigenvalue weighted by molar-refractivity contribution is 1.36. The topological polar surface area (TPSA) is 0 Å². The highest BCUT2D eigenvalue weighted by Gasteiger charge is 1.98. The highest BCUT2D eigenvalue weighted by atomic mass is 79.9. The number of alkyl halides is 2. The Hall–Kier alpha value is 0.660. The third-order valence-electron chi connectivity index (χ3n) is 1.12. The molecule has 3 heteroatoms. The molecule has 0 nitrogen and oxygen atoms in total. The molecule has 0 amide bonds. The van der Waals surface area contributed by atoms with Crippen molar-refractivity contribution in [3.8, 4) is 0 Å². The predicted molar refractivity (Wildman–Crippen MR) is 49.6 cm³/mol. The quantitative estimate of drug-likeness (QED) is 0.721. The molecule has 1 rings (SSSR count). The fraction of sp³-hybridized carbons (Fsp3) is 0.333. The summed E-state index contributed by atoms with van der Waals surface area (Å²) in [5.74, 6) is 0. The van der Waals surface area contributed by atoms with Gasteiger partial charge >= 0.3 is 0 Å². The molecule has 50 valence electrons. The maximum absolute atomic E-state index is 3.41. The van der Waals surface area contributed by atoms with Crippen molar-refractivity contribution in [1.82, 2.24) is 0 Å². The zero-order valence-electron chi connectivity index (χ0n) is 4.73. The lowest BCUT2D eigenvalue weighted by Crippen LogP contribution is -1.77. The minimum atomic E-state index is 0.970. The Morgan fingerprint density at radius 1 is 1.11 bits per heavy atom. The van der Waals surface area contributed by atoms with E-state index in [1.807, 2.05) is 0 Å². The van der Waals surface area contributed by atoms with Gasteiger partial charge in [-0.05, 0) is 21.9 Å². The van der Waals surface area contributed by atoms with Gasteiger partial charge in [0.05, 0.1) is 0 Å². The number of hydrogen-bond acceptors (Lipinski definition) is 1. The first-order chi connectivity index (χ1) is 4.38. The molecule has 1 aromatic heterocycles. The monoisotopic (exact) mass is 268 g/mol. The molecule has 0 fully saturated rings. The van der Waals surface area contributed by atoms with Gasteiger partial charge in [-0.1, -0.05) is 31.9 Å². The fourth-order valence-corrected chi connectivity index (χ4v) is 2.92. The maximum Gasteiger partial charge on any atom is 0.0294 e. The van der Waals surface area contributed by atoms with Gasteiger partial charge in [0.25, 0.3) is 0 Å². The van der Waals surface area contributed by atoms with Gasteiger partial charge in [0.1, 0.15) is 0 Å². The zero-order valence-corrected chi connectivity index (χ0v) is 8.72. The first kappa shape index (κ1) is 7.76. The molecule has 0 spiro atoms. The van der Waals surface area contributed by atoms with Crippen LogP contribution < -0.4 is 0 Å². The molecule has 0 atom stereocenters. The lowest BCUT2D eigenvalue weighted by Gasteiger charge is -1.91. The second kappa shape index (κ2) is 3.74. The summed E-state index contributed by atoms with van der Waals surface area (Å²) in [5, 5.41) is 6.28. The van der Waals surface area contributed by atoms with Crippen LogP contribution in [0.4, 0.5) is 0 Å². The van der Waals surface area contributed by atoms with E-state index in [1.165, 1.54) is 11.1 Å². The van der Waals surface area contributed by atoms with Gasteiger partial charge in [-0.3, -0.25) is 0 Å². The normalized spacial score (nSPS) is 10.0. The SMILES string of the molecule is BrCc1cscc1CBr. The molecule has 0 aromatic carbocycles. The van der Waals surface area contributed by atoms with E-state index in [1.54, 1.807) is 11.3 Å². The lowest BCUT2D eigenvalue weighted by atomic mass is 10.2. The Kier molecular flexibility index (Phi) is 3.22. The molecule has 0 aliphatic heterocycles. The van der Waals surface area contributed by atoms with Crippen LogP contribution in [-0.4, -0.2) is 0 Å². The van der Waals surface area contributed by atoms with E-state index in [0.29, 0.717) is 0 Å². The van der Waals surface area contributed by atoms with Gasteiger partial charge in [-0.25, -0.2) is 0 Å². The summed E-state index contributed by atoms with van der Waals surface area (Å²) in [6.45, 7) is 0. The maximum atomic E-state index is 3.41. The third-order valence-corrected chi connectivity index (χ3v) is 3.17. The number of halogens is 2. The van der Waals surface area contributed by atoms with Gasteiger partial charge in [0.15, 0.2) is 0 Å². The Labute approximate surface area is 75.5 Å². The minimum absolute atomic E-state index is 0.970. The van der Waals surface area contributed by atoms with Crippen LogP contribution in [0, 0.1) is 0 Å². The van der Waals surface area contributed by atoms with Crippen molar-refractivity contribution in [3.63, 3.8) is 0 Å². The molecule has 0 aliphatic carbocycles. The van der Waals surface area contributed by atoms with Gasteiger partial charge in [0, 0.05) is 10.7 Å². The van der Waals surface area contributed by atoms with Crippen LogP contribution in [0.15, 0.2) is 10.8 Å². The van der Waals surface area contributed by atoms with Crippen LogP contribution in [0.5, 0.6) is 0 Å². The van der Waals surface area contributed by atoms with Gasteiger partial charge in [0.2, 0.25) is 0 Å². The van der Waals surface area contributed by atoms with Gasteiger partial charge < -0.3 is 0 Å². The molecule has 0 radical (unpaired) electrons. The van der Waals surface area contributed by atoms with Crippen molar-refractivity contribution < 1.29 is 0 Å². The van der Waals surface area contributed by atoms with Crippen molar-refractivity contribution in [2.75, 3.05) is 0 Å². The number of thiophene rings is 1. The largest absolute Gasteiger partial charge is 0.152 e. The van der Waals surface area contributed by atoms with Crippen molar-refractivity contribution in [2.45, 2.75) is 10.7 Å². The molecule has 0 bridgehead atoms. The van der Waals surface area contributed by atoms with Crippen LogP contribution >= 0.6 is 43.2 Å². The summed E-state index contributed by atoms with van der Waals surface area (Å²) in [6, 6.07) is 0. The second-order valence-electron chi connectivity index (χ2n) is 1.69. The van der Waals surface area contributed by atoms with Gasteiger partial charge in [-0.2, -0.15) is 11.3 Å². The molecular formula is C6H6Br2S. The summed E-state index contributed by atoms with van der Waals surface area (Å²) in [7, 11) is 0. The van der Waals surface area contributed by atoms with Crippen LogP contribution in [-0.2, 0) is 10.7 Å². The zero-order chi connectivity index (χ0) is 6.69. The fourth-order valence-electron chi connectivity index (χ4n) is 0.584. The van der Waals surface area contributed by atoms with Crippen LogP contribution in [0.25, 0.3) is 0 Å². The average Bonchev–Trinajstić information content (AvgIpc) is 2.33. The van der Waals surface area contributed by atoms with E-state index in [4.69, 9.17) is 0 Å². The second-order valence-corrected chi connectivity index (χ2v) is 3.55. The first-order valence-electron chi connectivity index (χ1n) is 2.54. The Bertz CT molecular complexity index is 164. The van der Waals surface area contributed by atoms with E-state index < -0.39 is 0 Å². The van der Waals surface area contributed by atoms with Crippen LogP contribution in [0.1, 0.15) is 11.1 Å². The van der Waals surface area contributed by atoms with E-state index in [2.05, 4.69) is 42.6 Å². The molecule has 0 saturated carbocycles. The standard InChI is InChI=1S/C6H6Br2S/c7-1-5-3-9-4-6(5)2-8/h3-4H,1-2H2. The van der Waals surface area contributed by atoms with Crippen LogP contribution in [0.3, 0.4) is 0 Å². The summed E-state index contributed by atoms with van der Waals surface area (Å²) in [4.78, 5) is 0. The summed E-state index contributed by atoms with van der Waals surface area (Å²) in [6.07, 6.45) is 0. The highest BCUT2D eigenvalue weighted by Crippen LogP contribution is 2.19. The third kappa shape index (κ3) is 1.79. The predicted octanol–water partition coefficient (Wildman–Crippen LogP) is 3.54. The van der Waals surface area contributed by atoms with E-state index in [9.17, 15) is 0 Å². The van der Waals surface area contributed by atoms with Gasteiger partial charge in [-0.15, -0.1) is 0 Å². The molecule has 9 heavy (non-hydrogen) atoms. The molecular weight excluding hydrogens is 264 g/mol. The molecule has 0 N–H and O–H groups in total. The highest BCUT2D eigenvalue weighted by molar-refractivity contribution is 9.09. The number of hydrogen-bond donors (Lipinski definition) is 0. The Balaban J connectivity index is 2.85. The summed E-state index contributed by atoms with van der Waals surface area (Å²) in [5.41, 5.74) is 2.80. The molecule has 0 aliphatic rings. The van der Waals surface area contributed by atoms with Crippen LogP contribution in [0.2, 0.25) is 0 Å². The molecule has 1 heterocycles.